The third-order valence-corrected chi connectivity index (χ3v) is 9.37. The van der Waals surface area contributed by atoms with Gasteiger partial charge in [0.25, 0.3) is 0 Å². The molecule has 17 heteroatoms. The third kappa shape index (κ3) is 15.2. The maximum atomic E-state index is 13.4. The molecular weight excluding hydrogens is 740 g/mol. The van der Waals surface area contributed by atoms with Gasteiger partial charge >= 0.3 is 30.2 Å². The summed E-state index contributed by atoms with van der Waals surface area (Å²) in [6.45, 7) is 13.8. The van der Waals surface area contributed by atoms with E-state index in [1.54, 1.807) is 44.4 Å². The van der Waals surface area contributed by atoms with Gasteiger partial charge in [-0.15, -0.1) is 0 Å². The number of carbonyl (C=O) groups excluding carboxylic acids is 4. The number of ether oxygens (including phenoxy) is 4. The molecule has 3 rings (SSSR count). The van der Waals surface area contributed by atoms with E-state index in [2.05, 4.69) is 35.0 Å². The lowest BCUT2D eigenvalue weighted by molar-refractivity contribution is -0.167. The molecule has 1 unspecified atom stereocenters. The number of halogens is 3. The molecule has 3 amide bonds. The molecule has 3 N–H and O–H groups in total. The van der Waals surface area contributed by atoms with Gasteiger partial charge in [-0.05, 0) is 63.9 Å². The Hall–Kier alpha value is -5.16. The highest BCUT2D eigenvalue weighted by Gasteiger charge is 2.39. The molecule has 0 aliphatic rings. The second-order valence-electron chi connectivity index (χ2n) is 14.9. The van der Waals surface area contributed by atoms with E-state index < -0.39 is 55.9 Å². The summed E-state index contributed by atoms with van der Waals surface area (Å²) in [5.41, 5.74) is -0.118. The van der Waals surface area contributed by atoms with Gasteiger partial charge in [-0.2, -0.15) is 13.2 Å². The van der Waals surface area contributed by atoms with Gasteiger partial charge < -0.3 is 34.1 Å². The lowest BCUT2D eigenvalue weighted by atomic mass is 10.1. The fraction of sp³-hybridized carbons (Fsp3) is 0.447. The normalized spacial score (nSPS) is 13.1. The summed E-state index contributed by atoms with van der Waals surface area (Å²) >= 11 is 0. The van der Waals surface area contributed by atoms with Gasteiger partial charge in [-0.3, -0.25) is 14.9 Å². The minimum absolute atomic E-state index is 0.0356. The number of anilines is 2. The number of nitrogens with one attached hydrogen (secondary N) is 3. The number of imidazole rings is 1. The standard InChI is InChI=1S/C38H50F3N5O8Si/c1-25(33(47)53-23-26-14-10-9-11-15-26)13-12-16-29(45-36(50)54-37(2,3)4)32-43-31(22-46(32)24-52-19-20-55(6,7)8)28-18-17-27(42-35(49)51-5)21-30(28)44-34(48)38(39,40)41/h9-15,17-18,21-22,25,29H,16,19-20,23-24H2,1-8H3,(H,42,49)(H,44,48)(H,45,50)/b13-12+/t25?,29-/m0/s1. The molecule has 2 aromatic carbocycles. The third-order valence-electron chi connectivity index (χ3n) is 7.66. The average Bonchev–Trinajstić information content (AvgIpc) is 3.51. The van der Waals surface area contributed by atoms with Crippen LogP contribution in [0.1, 0.15) is 51.5 Å². The highest BCUT2D eigenvalue weighted by molar-refractivity contribution is 6.76. The molecule has 0 spiro atoms. The van der Waals surface area contributed by atoms with Crippen LogP contribution in [0.3, 0.4) is 0 Å². The lowest BCUT2D eigenvalue weighted by Crippen LogP contribution is -2.36. The lowest BCUT2D eigenvalue weighted by Gasteiger charge is -2.23. The van der Waals surface area contributed by atoms with E-state index in [1.165, 1.54) is 18.3 Å². The predicted molar refractivity (Wildman–Crippen MR) is 204 cm³/mol. The molecular formula is C38H50F3N5O8Si. The van der Waals surface area contributed by atoms with Crippen LogP contribution in [0.2, 0.25) is 25.7 Å². The molecule has 0 aliphatic carbocycles. The number of hydrogen-bond donors (Lipinski definition) is 3. The van der Waals surface area contributed by atoms with E-state index in [9.17, 15) is 32.3 Å². The van der Waals surface area contributed by atoms with Gasteiger partial charge in [0.15, 0.2) is 0 Å². The molecule has 3 aromatic rings. The molecule has 0 fully saturated rings. The van der Waals surface area contributed by atoms with Crippen molar-refractivity contribution in [2.75, 3.05) is 24.4 Å². The van der Waals surface area contributed by atoms with E-state index in [-0.39, 0.29) is 48.2 Å². The van der Waals surface area contributed by atoms with E-state index >= 15 is 0 Å². The average molecular weight is 790 g/mol. The second-order valence-corrected chi connectivity index (χ2v) is 20.5. The van der Waals surface area contributed by atoms with Crippen molar-refractivity contribution in [3.05, 3.63) is 78.3 Å². The highest BCUT2D eigenvalue weighted by Crippen LogP contribution is 2.33. The van der Waals surface area contributed by atoms with Crippen LogP contribution in [-0.4, -0.2) is 67.2 Å². The molecule has 0 aliphatic heterocycles. The number of nitrogens with zero attached hydrogens (tertiary/aromatic N) is 2. The number of hydrogen-bond acceptors (Lipinski definition) is 9. The molecule has 300 valence electrons. The van der Waals surface area contributed by atoms with Gasteiger partial charge in [0.2, 0.25) is 0 Å². The van der Waals surface area contributed by atoms with Gasteiger partial charge in [-0.25, -0.2) is 14.6 Å². The maximum absolute atomic E-state index is 13.4. The van der Waals surface area contributed by atoms with Crippen LogP contribution >= 0.6 is 0 Å². The van der Waals surface area contributed by atoms with Crippen molar-refractivity contribution in [3.8, 4) is 11.3 Å². The summed E-state index contributed by atoms with van der Waals surface area (Å²) in [6.07, 6.45) is -1.94. The highest BCUT2D eigenvalue weighted by atomic mass is 28.3. The fourth-order valence-corrected chi connectivity index (χ4v) is 5.59. The Morgan fingerprint density at radius 2 is 1.67 bits per heavy atom. The SMILES string of the molecule is COC(=O)Nc1ccc(-c2cn(COCC[Si](C)(C)C)c([C@H](C/C=C/C(C)C(=O)OCc3ccccc3)NC(=O)OC(C)(C)C)n2)c(NC(=O)C(F)(F)F)c1. The Morgan fingerprint density at radius 1 is 0.982 bits per heavy atom. The minimum atomic E-state index is -5.22. The first-order valence-electron chi connectivity index (χ1n) is 17.5. The summed E-state index contributed by atoms with van der Waals surface area (Å²) < 4.78 is 63.5. The summed E-state index contributed by atoms with van der Waals surface area (Å²) in [5.74, 6) is -3.12. The quantitative estimate of drug-likeness (QED) is 0.0426. The molecule has 55 heavy (non-hydrogen) atoms. The number of aromatic nitrogens is 2. The van der Waals surface area contributed by atoms with Crippen molar-refractivity contribution in [1.82, 2.24) is 14.9 Å². The molecule has 1 heterocycles. The Kier molecular flexibility index (Phi) is 15.6. The number of esters is 1. The first kappa shape index (κ1) is 44.2. The molecule has 0 radical (unpaired) electrons. The fourth-order valence-electron chi connectivity index (χ4n) is 4.83. The molecule has 13 nitrogen and oxygen atoms in total. The zero-order valence-electron chi connectivity index (χ0n) is 32.3. The van der Waals surface area contributed by atoms with Gasteiger partial charge in [-0.1, -0.05) is 62.1 Å². The number of amides is 3. The smallest absolute Gasteiger partial charge is 0.460 e. The number of alkyl carbamates (subject to hydrolysis) is 1. The Labute approximate surface area is 320 Å². The molecule has 0 saturated heterocycles. The van der Waals surface area contributed by atoms with Crippen LogP contribution in [0.5, 0.6) is 0 Å². The minimum Gasteiger partial charge on any atom is -0.460 e. The van der Waals surface area contributed by atoms with Crippen molar-refractivity contribution >= 4 is 43.5 Å². The zero-order valence-corrected chi connectivity index (χ0v) is 33.3. The summed E-state index contributed by atoms with van der Waals surface area (Å²) in [4.78, 5) is 54.7. The van der Waals surface area contributed by atoms with Crippen LogP contribution in [-0.2, 0) is 41.9 Å². The van der Waals surface area contributed by atoms with E-state index in [4.69, 9.17) is 19.2 Å². The van der Waals surface area contributed by atoms with Crippen molar-refractivity contribution in [3.63, 3.8) is 0 Å². The van der Waals surface area contributed by atoms with E-state index in [0.29, 0.717) is 6.61 Å². The zero-order chi connectivity index (χ0) is 41.0. The molecule has 1 aromatic heterocycles. The van der Waals surface area contributed by atoms with Crippen molar-refractivity contribution in [1.29, 1.82) is 0 Å². The Balaban J connectivity index is 2.05. The first-order valence-corrected chi connectivity index (χ1v) is 21.2. The topological polar surface area (TPSA) is 159 Å². The van der Waals surface area contributed by atoms with E-state index in [1.807, 2.05) is 35.6 Å². The summed E-state index contributed by atoms with van der Waals surface area (Å²) in [6, 6.07) is 13.1. The maximum Gasteiger partial charge on any atom is 0.471 e. The molecule has 0 saturated carbocycles. The largest absolute Gasteiger partial charge is 0.471 e. The van der Waals surface area contributed by atoms with E-state index in [0.717, 1.165) is 24.8 Å². The van der Waals surface area contributed by atoms with Crippen LogP contribution in [0.25, 0.3) is 11.3 Å². The molecule has 0 bridgehead atoms. The number of methoxy groups -OCH3 is 1. The first-order chi connectivity index (χ1) is 25.6. The van der Waals surface area contributed by atoms with Gasteiger partial charge in [0, 0.05) is 32.1 Å². The van der Waals surface area contributed by atoms with Crippen LogP contribution in [0, 0.1) is 5.92 Å². The van der Waals surface area contributed by atoms with Crippen LogP contribution < -0.4 is 16.0 Å². The predicted octanol–water partition coefficient (Wildman–Crippen LogP) is 8.43. The Bertz CT molecular complexity index is 1800. The van der Waals surface area contributed by atoms with Crippen LogP contribution in [0.4, 0.5) is 34.1 Å². The number of rotatable bonds is 16. The monoisotopic (exact) mass is 789 g/mol. The Morgan fingerprint density at radius 3 is 2.29 bits per heavy atom. The molecule has 2 atom stereocenters. The van der Waals surface area contributed by atoms with Crippen molar-refractivity contribution < 1.29 is 51.3 Å². The van der Waals surface area contributed by atoms with Gasteiger partial charge in [0.1, 0.15) is 24.8 Å². The van der Waals surface area contributed by atoms with Crippen molar-refractivity contribution in [2.45, 2.75) is 91.0 Å². The van der Waals surface area contributed by atoms with Crippen molar-refractivity contribution in [2.24, 2.45) is 5.92 Å². The number of carbonyl (C=O) groups is 4. The summed E-state index contributed by atoms with van der Waals surface area (Å²) in [5, 5.41) is 7.05. The summed E-state index contributed by atoms with van der Waals surface area (Å²) in [7, 11) is -0.370. The second kappa shape index (κ2) is 19.4. The van der Waals surface area contributed by atoms with Crippen LogP contribution in [0.15, 0.2) is 66.9 Å². The number of benzene rings is 2. The number of alkyl halides is 3. The van der Waals surface area contributed by atoms with Gasteiger partial charge in [0.05, 0.1) is 30.5 Å².